The number of nitrogen functional groups attached to an aromatic ring is 1. The molecule has 4 aromatic rings. The van der Waals surface area contributed by atoms with Gasteiger partial charge < -0.3 is 15.7 Å². The molecule has 0 aliphatic rings. The fourth-order valence-electron chi connectivity index (χ4n) is 3.79. The van der Waals surface area contributed by atoms with Gasteiger partial charge in [0.2, 0.25) is 0 Å². The Morgan fingerprint density at radius 2 is 1.82 bits per heavy atom. The van der Waals surface area contributed by atoms with Crippen molar-refractivity contribution in [2.75, 3.05) is 23.8 Å². The molecule has 0 unspecified atom stereocenters. The number of aliphatic hydroxyl groups is 1. The summed E-state index contributed by atoms with van der Waals surface area (Å²) in [5.41, 5.74) is 9.22. The predicted molar refractivity (Wildman–Crippen MR) is 136 cm³/mol. The van der Waals surface area contributed by atoms with E-state index in [-0.39, 0.29) is 37.7 Å². The minimum absolute atomic E-state index is 0.0525. The second kappa shape index (κ2) is 10.5. The molecule has 0 spiro atoms. The molecule has 0 bridgehead atoms. The number of thiazole rings is 1. The van der Waals surface area contributed by atoms with Crippen molar-refractivity contribution in [2.24, 2.45) is 0 Å². The number of nitrogens with zero attached hydrogens (tertiary/aromatic N) is 3. The van der Waals surface area contributed by atoms with Gasteiger partial charge in [0.15, 0.2) is 0 Å². The van der Waals surface area contributed by atoms with E-state index in [0.717, 1.165) is 28.2 Å². The summed E-state index contributed by atoms with van der Waals surface area (Å²) in [4.78, 5) is 34.0. The number of hydrogen-bond acceptors (Lipinski definition) is 7. The number of benzene rings is 2. The number of nitrogens with two attached hydrogens (primary N) is 1. The van der Waals surface area contributed by atoms with Crippen LogP contribution < -0.4 is 21.9 Å². The van der Waals surface area contributed by atoms with E-state index in [2.05, 4.69) is 36.2 Å². The van der Waals surface area contributed by atoms with Crippen molar-refractivity contribution in [2.45, 2.75) is 26.4 Å². The zero-order chi connectivity index (χ0) is 24.1. The Hall–Kier alpha value is -3.69. The van der Waals surface area contributed by atoms with E-state index in [9.17, 15) is 14.7 Å². The third-order valence-electron chi connectivity index (χ3n) is 5.60. The quantitative estimate of drug-likeness (QED) is 0.341. The minimum atomic E-state index is -0.592. The lowest BCUT2D eigenvalue weighted by Gasteiger charge is -2.24. The maximum absolute atomic E-state index is 12.8. The largest absolute Gasteiger partial charge is 0.395 e. The number of rotatable bonds is 9. The van der Waals surface area contributed by atoms with Crippen molar-refractivity contribution >= 4 is 22.8 Å². The van der Waals surface area contributed by atoms with E-state index in [1.807, 2.05) is 35.7 Å². The second-order valence-electron chi connectivity index (χ2n) is 7.90. The Morgan fingerprint density at radius 3 is 2.50 bits per heavy atom. The molecule has 34 heavy (non-hydrogen) atoms. The zero-order valence-electron chi connectivity index (χ0n) is 18.9. The van der Waals surface area contributed by atoms with E-state index in [0.29, 0.717) is 0 Å². The first-order valence-electron chi connectivity index (χ1n) is 11.1. The molecule has 0 aliphatic carbocycles. The van der Waals surface area contributed by atoms with Crippen LogP contribution in [0, 0.1) is 0 Å². The molecule has 2 aromatic carbocycles. The molecule has 4 rings (SSSR count). The molecular formula is C25H27N5O3S. The summed E-state index contributed by atoms with van der Waals surface area (Å²) in [6.45, 7) is 2.57. The lowest BCUT2D eigenvalue weighted by Crippen LogP contribution is -2.39. The number of aliphatic hydroxyl groups excluding tert-OH is 1. The SMILES string of the molecule is CCc1ccc(-c2nc(CN(CCO)c3c(N)n(Cc4ccccc4)c(=O)[nH]c3=O)cs2)cc1. The van der Waals surface area contributed by atoms with Crippen LogP contribution in [0.5, 0.6) is 0 Å². The molecule has 0 aliphatic heterocycles. The van der Waals surface area contributed by atoms with Crippen LogP contribution >= 0.6 is 11.3 Å². The Balaban J connectivity index is 1.65. The fourth-order valence-corrected chi connectivity index (χ4v) is 4.60. The summed E-state index contributed by atoms with van der Waals surface area (Å²) in [5, 5.41) is 12.5. The van der Waals surface area contributed by atoms with Gasteiger partial charge >= 0.3 is 5.69 Å². The fraction of sp³-hybridized carbons (Fsp3) is 0.240. The molecule has 9 heteroatoms. The average Bonchev–Trinajstić information content (AvgIpc) is 3.31. The van der Waals surface area contributed by atoms with Gasteiger partial charge in [0.25, 0.3) is 5.56 Å². The van der Waals surface area contributed by atoms with Crippen molar-refractivity contribution in [1.82, 2.24) is 14.5 Å². The summed E-state index contributed by atoms with van der Waals surface area (Å²) in [5.74, 6) is 0.0525. The van der Waals surface area contributed by atoms with Gasteiger partial charge in [-0.2, -0.15) is 0 Å². The summed E-state index contributed by atoms with van der Waals surface area (Å²) in [6, 6.07) is 17.7. The standard InChI is InChI=1S/C25H27N5O3S/c1-2-17-8-10-19(11-9-17)24-27-20(16-34-24)15-29(12-13-31)21-22(26)30(25(33)28-23(21)32)14-18-6-4-3-5-7-18/h3-11,16,31H,2,12-15,26H2,1H3,(H,28,32,33). The molecule has 0 saturated heterocycles. The number of aromatic nitrogens is 3. The second-order valence-corrected chi connectivity index (χ2v) is 8.76. The maximum Gasteiger partial charge on any atom is 0.330 e. The van der Waals surface area contributed by atoms with Gasteiger partial charge in [-0.05, 0) is 17.5 Å². The number of aryl methyl sites for hydroxylation is 1. The average molecular weight is 478 g/mol. The highest BCUT2D eigenvalue weighted by atomic mass is 32.1. The van der Waals surface area contributed by atoms with E-state index in [4.69, 9.17) is 10.7 Å². The van der Waals surface area contributed by atoms with Crippen LogP contribution in [0.2, 0.25) is 0 Å². The highest BCUT2D eigenvalue weighted by molar-refractivity contribution is 7.13. The van der Waals surface area contributed by atoms with Crippen LogP contribution in [0.3, 0.4) is 0 Å². The Morgan fingerprint density at radius 1 is 1.09 bits per heavy atom. The van der Waals surface area contributed by atoms with E-state index < -0.39 is 11.2 Å². The van der Waals surface area contributed by atoms with E-state index >= 15 is 0 Å². The number of hydrogen-bond donors (Lipinski definition) is 3. The van der Waals surface area contributed by atoms with Crippen LogP contribution in [-0.2, 0) is 19.5 Å². The maximum atomic E-state index is 12.8. The van der Waals surface area contributed by atoms with Crippen molar-refractivity contribution in [3.63, 3.8) is 0 Å². The third-order valence-corrected chi connectivity index (χ3v) is 6.54. The Bertz CT molecular complexity index is 1360. The minimum Gasteiger partial charge on any atom is -0.395 e. The first-order valence-corrected chi connectivity index (χ1v) is 11.9. The van der Waals surface area contributed by atoms with Crippen LogP contribution in [0.25, 0.3) is 10.6 Å². The highest BCUT2D eigenvalue weighted by Crippen LogP contribution is 2.26. The monoisotopic (exact) mass is 477 g/mol. The van der Waals surface area contributed by atoms with Crippen molar-refractivity contribution in [3.8, 4) is 10.6 Å². The smallest absolute Gasteiger partial charge is 0.330 e. The topological polar surface area (TPSA) is 117 Å². The molecule has 2 aromatic heterocycles. The van der Waals surface area contributed by atoms with Gasteiger partial charge in [0, 0.05) is 17.5 Å². The summed E-state index contributed by atoms with van der Waals surface area (Å²) in [6.07, 6.45) is 0.974. The van der Waals surface area contributed by atoms with Crippen LogP contribution in [0.1, 0.15) is 23.7 Å². The van der Waals surface area contributed by atoms with Gasteiger partial charge in [-0.3, -0.25) is 14.3 Å². The van der Waals surface area contributed by atoms with Gasteiger partial charge in [-0.1, -0.05) is 61.5 Å². The summed E-state index contributed by atoms with van der Waals surface area (Å²) < 4.78 is 1.33. The molecule has 4 N–H and O–H groups in total. The number of aromatic amines is 1. The molecule has 0 fully saturated rings. The van der Waals surface area contributed by atoms with Crippen LogP contribution in [0.4, 0.5) is 11.5 Å². The zero-order valence-corrected chi connectivity index (χ0v) is 19.7. The predicted octanol–water partition coefficient (Wildman–Crippen LogP) is 2.85. The number of H-pyrrole nitrogens is 1. The first-order chi connectivity index (χ1) is 16.5. The molecule has 0 atom stereocenters. The van der Waals surface area contributed by atoms with Crippen LogP contribution in [0.15, 0.2) is 69.6 Å². The third kappa shape index (κ3) is 5.11. The normalized spacial score (nSPS) is 11.0. The number of nitrogens with one attached hydrogen (secondary N) is 1. The van der Waals surface area contributed by atoms with Gasteiger partial charge in [0.05, 0.1) is 25.4 Å². The summed E-state index contributed by atoms with van der Waals surface area (Å²) in [7, 11) is 0. The molecular weight excluding hydrogens is 450 g/mol. The highest BCUT2D eigenvalue weighted by Gasteiger charge is 2.20. The van der Waals surface area contributed by atoms with E-state index in [1.165, 1.54) is 21.5 Å². The number of anilines is 2. The van der Waals surface area contributed by atoms with Gasteiger partial charge in [0.1, 0.15) is 16.5 Å². The molecule has 2 heterocycles. The van der Waals surface area contributed by atoms with E-state index in [1.54, 1.807) is 4.90 Å². The van der Waals surface area contributed by atoms with Gasteiger partial charge in [-0.25, -0.2) is 9.78 Å². The lowest BCUT2D eigenvalue weighted by molar-refractivity contribution is 0.301. The Labute approximate surface area is 201 Å². The van der Waals surface area contributed by atoms with Crippen molar-refractivity contribution < 1.29 is 5.11 Å². The first kappa shape index (κ1) is 23.5. The van der Waals surface area contributed by atoms with Crippen molar-refractivity contribution in [3.05, 3.63) is 97.6 Å². The van der Waals surface area contributed by atoms with Crippen LogP contribution in [-0.4, -0.2) is 32.8 Å². The molecule has 8 nitrogen and oxygen atoms in total. The molecule has 0 saturated carbocycles. The Kier molecular flexibility index (Phi) is 7.24. The summed E-state index contributed by atoms with van der Waals surface area (Å²) >= 11 is 1.51. The molecule has 0 amide bonds. The molecule has 0 radical (unpaired) electrons. The van der Waals surface area contributed by atoms with Crippen molar-refractivity contribution in [1.29, 1.82) is 0 Å². The van der Waals surface area contributed by atoms with Gasteiger partial charge in [-0.15, -0.1) is 11.3 Å². The molecule has 176 valence electrons. The lowest BCUT2D eigenvalue weighted by atomic mass is 10.1.